The maximum atomic E-state index is 6.29. The Morgan fingerprint density at radius 3 is 2.34 bits per heavy atom. The molecule has 0 saturated carbocycles. The predicted molar refractivity (Wildman–Crippen MR) is 220 cm³/mol. The van der Waals surface area contributed by atoms with Crippen LogP contribution in [0.25, 0.3) is 72.4 Å². The van der Waals surface area contributed by atoms with E-state index < -0.39 is 0 Å². The van der Waals surface area contributed by atoms with Gasteiger partial charge < -0.3 is 4.74 Å². The van der Waals surface area contributed by atoms with E-state index in [1.807, 2.05) is 0 Å². The third kappa shape index (κ3) is 4.55. The van der Waals surface area contributed by atoms with Crippen molar-refractivity contribution in [2.45, 2.75) is 44.1 Å². The molecule has 11 rings (SSSR count). The molecule has 0 spiro atoms. The number of aromatic nitrogens is 1. The van der Waals surface area contributed by atoms with E-state index in [0.717, 1.165) is 35.4 Å². The molecular weight excluding hydrogens is 643 g/mol. The minimum Gasteiger partial charge on any atom is -0.485 e. The fraction of sp³-hybridized carbons (Fsp3) is 0.157. The lowest BCUT2D eigenvalue weighted by molar-refractivity contribution is 0.228. The summed E-state index contributed by atoms with van der Waals surface area (Å²) in [6.45, 7) is 4.63. The first kappa shape index (κ1) is 30.6. The molecular formula is C51H39NO. The van der Waals surface area contributed by atoms with Crippen LogP contribution in [-0.2, 0) is 11.8 Å². The van der Waals surface area contributed by atoms with Crippen molar-refractivity contribution in [2.75, 3.05) is 0 Å². The second-order valence-corrected chi connectivity index (χ2v) is 15.5. The number of rotatable bonds is 4. The van der Waals surface area contributed by atoms with Gasteiger partial charge in [0.25, 0.3) is 0 Å². The molecule has 0 amide bonds. The Labute approximate surface area is 310 Å². The summed E-state index contributed by atoms with van der Waals surface area (Å²) in [6, 6.07) is 45.0. The molecule has 53 heavy (non-hydrogen) atoms. The lowest BCUT2D eigenvalue weighted by Gasteiger charge is -2.27. The van der Waals surface area contributed by atoms with Gasteiger partial charge in [-0.3, -0.25) is 0 Å². The molecule has 0 bridgehead atoms. The van der Waals surface area contributed by atoms with Crippen molar-refractivity contribution in [2.24, 2.45) is 5.92 Å². The van der Waals surface area contributed by atoms with E-state index in [4.69, 9.17) is 9.72 Å². The molecule has 2 heterocycles. The van der Waals surface area contributed by atoms with E-state index in [1.54, 1.807) is 0 Å². The Morgan fingerprint density at radius 1 is 0.717 bits per heavy atom. The SMILES string of the molecule is CCC1Cc2c(ccc3ccc(-c4ccc(-c5ccc6c(c5)C5(C)C=CC=CC5O6)cc4)nc23)C=CC1c1ccc2c3c(cccc13)-c1ccccc1-2. The number of nitrogens with zero attached hydrogens (tertiary/aromatic N) is 1. The first-order chi connectivity index (χ1) is 26.1. The summed E-state index contributed by atoms with van der Waals surface area (Å²) in [5.74, 6) is 1.76. The van der Waals surface area contributed by atoms with Crippen LogP contribution in [0.1, 0.15) is 48.4 Å². The lowest BCUT2D eigenvalue weighted by atomic mass is 9.76. The molecule has 7 aromatic rings. The summed E-state index contributed by atoms with van der Waals surface area (Å²) in [6.07, 6.45) is 15.6. The van der Waals surface area contributed by atoms with Gasteiger partial charge in [0.1, 0.15) is 11.9 Å². The highest BCUT2D eigenvalue weighted by Gasteiger charge is 2.43. The van der Waals surface area contributed by atoms with Gasteiger partial charge in [-0.25, -0.2) is 4.98 Å². The quantitative estimate of drug-likeness (QED) is 0.184. The topological polar surface area (TPSA) is 22.1 Å². The van der Waals surface area contributed by atoms with E-state index >= 15 is 0 Å². The van der Waals surface area contributed by atoms with E-state index in [2.05, 4.69) is 172 Å². The highest BCUT2D eigenvalue weighted by atomic mass is 16.5. The number of allylic oxidation sites excluding steroid dienone is 3. The van der Waals surface area contributed by atoms with Crippen molar-refractivity contribution in [1.82, 2.24) is 4.98 Å². The summed E-state index contributed by atoms with van der Waals surface area (Å²) in [5.41, 5.74) is 16.3. The van der Waals surface area contributed by atoms with Gasteiger partial charge in [0.2, 0.25) is 0 Å². The van der Waals surface area contributed by atoms with E-state index in [0.29, 0.717) is 11.8 Å². The Morgan fingerprint density at radius 2 is 1.49 bits per heavy atom. The molecule has 4 aliphatic rings. The van der Waals surface area contributed by atoms with Crippen molar-refractivity contribution < 1.29 is 4.74 Å². The van der Waals surface area contributed by atoms with Gasteiger partial charge in [-0.15, -0.1) is 0 Å². The zero-order chi connectivity index (χ0) is 35.3. The van der Waals surface area contributed by atoms with Crippen molar-refractivity contribution in [1.29, 1.82) is 0 Å². The summed E-state index contributed by atoms with van der Waals surface area (Å²) < 4.78 is 6.29. The third-order valence-electron chi connectivity index (χ3n) is 12.7. The summed E-state index contributed by atoms with van der Waals surface area (Å²) in [7, 11) is 0. The van der Waals surface area contributed by atoms with Crippen LogP contribution in [0, 0.1) is 5.92 Å². The first-order valence-corrected chi connectivity index (χ1v) is 19.1. The summed E-state index contributed by atoms with van der Waals surface area (Å²) >= 11 is 0. The Bertz CT molecular complexity index is 2720. The largest absolute Gasteiger partial charge is 0.485 e. The maximum Gasteiger partial charge on any atom is 0.130 e. The van der Waals surface area contributed by atoms with Crippen LogP contribution >= 0.6 is 0 Å². The number of pyridine rings is 1. The van der Waals surface area contributed by atoms with Gasteiger partial charge in [-0.2, -0.15) is 0 Å². The molecule has 4 atom stereocenters. The Balaban J connectivity index is 0.928. The Kier molecular flexibility index (Phi) is 6.65. The molecule has 1 aliphatic heterocycles. The zero-order valence-electron chi connectivity index (χ0n) is 30.0. The number of hydrogen-bond donors (Lipinski definition) is 0. The fourth-order valence-corrected chi connectivity index (χ4v) is 9.75. The highest BCUT2D eigenvalue weighted by molar-refractivity contribution is 6.16. The van der Waals surface area contributed by atoms with Gasteiger partial charge in [0.05, 0.1) is 16.6 Å². The molecule has 2 nitrogen and oxygen atoms in total. The molecule has 1 aromatic heterocycles. The van der Waals surface area contributed by atoms with Crippen LogP contribution in [0.5, 0.6) is 5.75 Å². The van der Waals surface area contributed by atoms with Gasteiger partial charge in [0, 0.05) is 22.4 Å². The smallest absolute Gasteiger partial charge is 0.130 e. The highest BCUT2D eigenvalue weighted by Crippen LogP contribution is 2.51. The number of fused-ring (bicyclic) bond motifs is 9. The third-order valence-corrected chi connectivity index (χ3v) is 12.7. The second-order valence-electron chi connectivity index (χ2n) is 15.5. The van der Waals surface area contributed by atoms with Gasteiger partial charge in [-0.1, -0.05) is 147 Å². The molecule has 0 N–H and O–H groups in total. The standard InChI is InChI=1S/C51H39NO/c1-3-31-29-44-33(20-23-37(31)40-24-25-43-39-10-5-4-9-38(39)41-11-8-12-42(40)49(41)43)16-19-35-21-26-46(52-50(35)44)34-17-14-32(15-18-34)36-22-27-47-45(30-36)51(2)28-7-6-13-48(51)53-47/h4-28,30-31,37,48H,3,29H2,1-2H3. The van der Waals surface area contributed by atoms with Crippen LogP contribution in [0.4, 0.5) is 0 Å². The lowest BCUT2D eigenvalue weighted by Crippen LogP contribution is -2.32. The summed E-state index contributed by atoms with van der Waals surface area (Å²) in [4.78, 5) is 5.41. The van der Waals surface area contributed by atoms with Crippen LogP contribution in [0.3, 0.4) is 0 Å². The van der Waals surface area contributed by atoms with Crippen LogP contribution < -0.4 is 4.74 Å². The molecule has 3 aliphatic carbocycles. The van der Waals surface area contributed by atoms with Crippen LogP contribution in [-0.4, -0.2) is 11.1 Å². The van der Waals surface area contributed by atoms with Crippen molar-refractivity contribution in [3.8, 4) is 50.4 Å². The van der Waals surface area contributed by atoms with E-state index in [1.165, 1.54) is 71.8 Å². The average Bonchev–Trinajstić information content (AvgIpc) is 3.61. The van der Waals surface area contributed by atoms with Gasteiger partial charge in [-0.05, 0) is 104 Å². The molecule has 0 saturated heterocycles. The molecule has 254 valence electrons. The van der Waals surface area contributed by atoms with E-state index in [9.17, 15) is 0 Å². The zero-order valence-corrected chi connectivity index (χ0v) is 30.0. The minimum atomic E-state index is -0.138. The number of benzene rings is 6. The molecule has 2 heteroatoms. The van der Waals surface area contributed by atoms with Gasteiger partial charge >= 0.3 is 0 Å². The van der Waals surface area contributed by atoms with Crippen molar-refractivity contribution in [3.63, 3.8) is 0 Å². The van der Waals surface area contributed by atoms with Crippen molar-refractivity contribution >= 4 is 27.8 Å². The molecule has 0 radical (unpaired) electrons. The average molecular weight is 682 g/mol. The molecule has 6 aromatic carbocycles. The summed E-state index contributed by atoms with van der Waals surface area (Å²) in [5, 5.41) is 4.00. The molecule has 4 unspecified atom stereocenters. The van der Waals surface area contributed by atoms with Crippen LogP contribution in [0.2, 0.25) is 0 Å². The van der Waals surface area contributed by atoms with Crippen molar-refractivity contribution in [3.05, 3.63) is 174 Å². The van der Waals surface area contributed by atoms with Crippen LogP contribution in [0.15, 0.2) is 152 Å². The normalized spacial score (nSPS) is 21.6. The van der Waals surface area contributed by atoms with E-state index in [-0.39, 0.29) is 11.5 Å². The number of hydrogen-bond acceptors (Lipinski definition) is 2. The molecule has 0 fully saturated rings. The predicted octanol–water partition coefficient (Wildman–Crippen LogP) is 12.9. The maximum absolute atomic E-state index is 6.29. The fourth-order valence-electron chi connectivity index (χ4n) is 9.75. The Hall–Kier alpha value is -5.99. The first-order valence-electron chi connectivity index (χ1n) is 19.1. The number of ether oxygens (including phenoxy) is 1. The second kappa shape index (κ2) is 11.5. The minimum absolute atomic E-state index is 0.0517. The van der Waals surface area contributed by atoms with Gasteiger partial charge in [0.15, 0.2) is 0 Å². The monoisotopic (exact) mass is 681 g/mol.